The first-order valence-corrected chi connectivity index (χ1v) is 5.36. The van der Waals surface area contributed by atoms with Crippen molar-refractivity contribution < 1.29 is 9.53 Å². The summed E-state index contributed by atoms with van der Waals surface area (Å²) in [6.07, 6.45) is 0. The minimum atomic E-state index is -0.0587. The van der Waals surface area contributed by atoms with Crippen LogP contribution in [0.5, 0.6) is 5.75 Å². The van der Waals surface area contributed by atoms with Gasteiger partial charge in [0, 0.05) is 4.47 Å². The van der Waals surface area contributed by atoms with Gasteiger partial charge in [-0.25, -0.2) is 0 Å². The largest absolute Gasteiger partial charge is 0.492 e. The van der Waals surface area contributed by atoms with E-state index >= 15 is 0 Å². The molecule has 1 aromatic rings. The second-order valence-electron chi connectivity index (χ2n) is 2.75. The van der Waals surface area contributed by atoms with Crippen molar-refractivity contribution in [3.63, 3.8) is 0 Å². The normalized spacial score (nSPS) is 10.0. The van der Waals surface area contributed by atoms with E-state index in [9.17, 15) is 4.79 Å². The maximum atomic E-state index is 11.3. The molecular weight excluding hydrogens is 267 g/mol. The molecule has 0 saturated heterocycles. The van der Waals surface area contributed by atoms with Crippen molar-refractivity contribution in [3.8, 4) is 5.75 Å². The zero-order chi connectivity index (χ0) is 10.7. The summed E-state index contributed by atoms with van der Waals surface area (Å²) >= 11 is 9.22. The molecule has 0 amide bonds. The molecule has 0 heterocycles. The quantitative estimate of drug-likeness (QED) is 0.787. The predicted octanol–water partition coefficient (Wildman–Crippen LogP) is 3.70. The molecule has 0 saturated carbocycles. The molecule has 0 radical (unpaired) electrons. The van der Waals surface area contributed by atoms with Crippen LogP contribution >= 0.6 is 27.5 Å². The monoisotopic (exact) mass is 276 g/mol. The lowest BCUT2D eigenvalue weighted by molar-refractivity contribution is 0.101. The van der Waals surface area contributed by atoms with Crippen LogP contribution in [0.4, 0.5) is 0 Å². The number of hydrogen-bond donors (Lipinski definition) is 0. The molecule has 0 aliphatic carbocycles. The Morgan fingerprint density at radius 3 is 2.71 bits per heavy atom. The lowest BCUT2D eigenvalue weighted by Crippen LogP contribution is -2.01. The summed E-state index contributed by atoms with van der Waals surface area (Å²) in [5, 5.41) is 0.450. The van der Waals surface area contributed by atoms with Gasteiger partial charge >= 0.3 is 0 Å². The summed E-state index contributed by atoms with van der Waals surface area (Å²) < 4.78 is 6.08. The van der Waals surface area contributed by atoms with Gasteiger partial charge in [-0.1, -0.05) is 27.5 Å². The Balaban J connectivity index is 3.28. The van der Waals surface area contributed by atoms with Gasteiger partial charge in [0.25, 0.3) is 0 Å². The van der Waals surface area contributed by atoms with Crippen LogP contribution in [0.1, 0.15) is 24.2 Å². The molecule has 4 heteroatoms. The highest BCUT2D eigenvalue weighted by Crippen LogP contribution is 2.32. The molecule has 0 spiro atoms. The standard InChI is InChI=1S/C10H10BrClO2/c1-3-14-10-8(6(2)13)4-7(11)5-9(10)12/h4-5H,3H2,1-2H3. The number of ketones is 1. The first-order chi connectivity index (χ1) is 6.56. The summed E-state index contributed by atoms with van der Waals surface area (Å²) in [7, 11) is 0. The van der Waals surface area contributed by atoms with Crippen molar-refractivity contribution in [2.75, 3.05) is 6.61 Å². The Morgan fingerprint density at radius 2 is 2.21 bits per heavy atom. The van der Waals surface area contributed by atoms with E-state index in [-0.39, 0.29) is 5.78 Å². The molecule has 1 rings (SSSR count). The second-order valence-corrected chi connectivity index (χ2v) is 4.08. The third-order valence-electron chi connectivity index (χ3n) is 1.68. The Morgan fingerprint density at radius 1 is 1.57 bits per heavy atom. The van der Waals surface area contributed by atoms with Gasteiger partial charge in [-0.05, 0) is 26.0 Å². The zero-order valence-electron chi connectivity index (χ0n) is 7.93. The summed E-state index contributed by atoms with van der Waals surface area (Å²) in [5.41, 5.74) is 0.506. The molecule has 0 bridgehead atoms. The topological polar surface area (TPSA) is 26.3 Å². The van der Waals surface area contributed by atoms with Crippen molar-refractivity contribution in [1.29, 1.82) is 0 Å². The number of carbonyl (C=O) groups is 1. The summed E-state index contributed by atoms with van der Waals surface area (Å²) in [5.74, 6) is 0.404. The average molecular weight is 278 g/mol. The first kappa shape index (κ1) is 11.5. The van der Waals surface area contributed by atoms with E-state index in [0.717, 1.165) is 4.47 Å². The molecule has 0 atom stereocenters. The van der Waals surface area contributed by atoms with Gasteiger partial charge in [0.2, 0.25) is 0 Å². The van der Waals surface area contributed by atoms with Crippen LogP contribution in [0, 0.1) is 0 Å². The maximum absolute atomic E-state index is 11.3. The van der Waals surface area contributed by atoms with Crippen molar-refractivity contribution in [2.24, 2.45) is 0 Å². The summed E-state index contributed by atoms with van der Waals surface area (Å²) in [6, 6.07) is 3.41. The molecule has 76 valence electrons. The third kappa shape index (κ3) is 2.49. The van der Waals surface area contributed by atoms with Gasteiger partial charge in [-0.2, -0.15) is 0 Å². The van der Waals surface area contributed by atoms with Gasteiger partial charge in [-0.3, -0.25) is 4.79 Å². The maximum Gasteiger partial charge on any atom is 0.163 e. The third-order valence-corrected chi connectivity index (χ3v) is 2.41. The fraction of sp³-hybridized carbons (Fsp3) is 0.300. The minimum absolute atomic E-state index is 0.0587. The van der Waals surface area contributed by atoms with Gasteiger partial charge in [0.15, 0.2) is 5.78 Å². The van der Waals surface area contributed by atoms with E-state index < -0.39 is 0 Å². The van der Waals surface area contributed by atoms with Crippen molar-refractivity contribution in [1.82, 2.24) is 0 Å². The molecule has 0 aromatic heterocycles. The van der Waals surface area contributed by atoms with Crippen LogP contribution in [0.15, 0.2) is 16.6 Å². The van der Waals surface area contributed by atoms with Crippen molar-refractivity contribution >= 4 is 33.3 Å². The predicted molar refractivity (Wildman–Crippen MR) is 60.3 cm³/mol. The van der Waals surface area contributed by atoms with Gasteiger partial charge in [0.05, 0.1) is 17.2 Å². The molecule has 0 aliphatic heterocycles. The van der Waals surface area contributed by atoms with Gasteiger partial charge in [0.1, 0.15) is 5.75 Å². The van der Waals surface area contributed by atoms with Crippen LogP contribution < -0.4 is 4.74 Å². The number of benzene rings is 1. The smallest absolute Gasteiger partial charge is 0.163 e. The van der Waals surface area contributed by atoms with Gasteiger partial charge in [-0.15, -0.1) is 0 Å². The number of Topliss-reactive ketones (excluding diaryl/α,β-unsaturated/α-hetero) is 1. The average Bonchev–Trinajstić information content (AvgIpc) is 2.09. The Kier molecular flexibility index (Phi) is 3.96. The highest BCUT2D eigenvalue weighted by molar-refractivity contribution is 9.10. The lowest BCUT2D eigenvalue weighted by Gasteiger charge is -2.10. The second kappa shape index (κ2) is 4.80. The molecule has 0 N–H and O–H groups in total. The van der Waals surface area contributed by atoms with E-state index in [0.29, 0.717) is 22.9 Å². The number of carbonyl (C=O) groups excluding carboxylic acids is 1. The Bertz CT molecular complexity index is 363. The molecule has 1 aromatic carbocycles. The zero-order valence-corrected chi connectivity index (χ0v) is 10.3. The molecule has 0 unspecified atom stereocenters. The highest BCUT2D eigenvalue weighted by atomic mass is 79.9. The van der Waals surface area contributed by atoms with Crippen LogP contribution in [0.3, 0.4) is 0 Å². The number of hydrogen-bond acceptors (Lipinski definition) is 2. The van der Waals surface area contributed by atoms with E-state index in [1.807, 2.05) is 6.92 Å². The Hall–Kier alpha value is -0.540. The number of halogens is 2. The lowest BCUT2D eigenvalue weighted by atomic mass is 10.1. The molecular formula is C10H10BrClO2. The number of rotatable bonds is 3. The Labute approximate surface area is 96.3 Å². The van der Waals surface area contributed by atoms with Crippen LogP contribution in [-0.2, 0) is 0 Å². The summed E-state index contributed by atoms with van der Waals surface area (Å²) in [4.78, 5) is 11.3. The highest BCUT2D eigenvalue weighted by Gasteiger charge is 2.13. The molecule has 0 aliphatic rings. The SMILES string of the molecule is CCOc1c(Cl)cc(Br)cc1C(C)=O. The van der Waals surface area contributed by atoms with Crippen LogP contribution in [-0.4, -0.2) is 12.4 Å². The fourth-order valence-corrected chi connectivity index (χ4v) is 1.98. The minimum Gasteiger partial charge on any atom is -0.492 e. The van der Waals surface area contributed by atoms with Crippen molar-refractivity contribution in [2.45, 2.75) is 13.8 Å². The molecule has 2 nitrogen and oxygen atoms in total. The summed E-state index contributed by atoms with van der Waals surface area (Å²) in [6.45, 7) is 3.82. The van der Waals surface area contributed by atoms with E-state index in [2.05, 4.69) is 15.9 Å². The van der Waals surface area contributed by atoms with E-state index in [4.69, 9.17) is 16.3 Å². The molecule has 14 heavy (non-hydrogen) atoms. The van der Waals surface area contributed by atoms with Crippen LogP contribution in [0.2, 0.25) is 5.02 Å². The first-order valence-electron chi connectivity index (χ1n) is 4.19. The van der Waals surface area contributed by atoms with Gasteiger partial charge < -0.3 is 4.74 Å². The fourth-order valence-electron chi connectivity index (χ4n) is 1.11. The van der Waals surface area contributed by atoms with Crippen LogP contribution in [0.25, 0.3) is 0 Å². The number of ether oxygens (including phenoxy) is 1. The van der Waals surface area contributed by atoms with Crippen molar-refractivity contribution in [3.05, 3.63) is 27.2 Å². The molecule has 0 fully saturated rings. The van der Waals surface area contributed by atoms with E-state index in [1.165, 1.54) is 6.92 Å². The van der Waals surface area contributed by atoms with E-state index in [1.54, 1.807) is 12.1 Å².